The van der Waals surface area contributed by atoms with Crippen molar-refractivity contribution in [3.05, 3.63) is 46.9 Å². The van der Waals surface area contributed by atoms with Crippen LogP contribution in [0.1, 0.15) is 22.5 Å². The Balaban J connectivity index is 2.02. The molecule has 0 saturated heterocycles. The van der Waals surface area contributed by atoms with E-state index in [-0.39, 0.29) is 5.88 Å². The molecule has 138 valence electrons. The van der Waals surface area contributed by atoms with Gasteiger partial charge in [-0.15, -0.1) is 0 Å². The highest BCUT2D eigenvalue weighted by atomic mass is 19.3. The number of aromatic nitrogens is 4. The fraction of sp³-hybridized carbons (Fsp3) is 0.263. The first-order valence-corrected chi connectivity index (χ1v) is 8.22. The van der Waals surface area contributed by atoms with Crippen LogP contribution in [0, 0.1) is 32.1 Å². The van der Waals surface area contributed by atoms with E-state index in [9.17, 15) is 8.78 Å². The van der Waals surface area contributed by atoms with Crippen molar-refractivity contribution in [2.45, 2.75) is 33.7 Å². The van der Waals surface area contributed by atoms with Crippen molar-refractivity contribution in [1.82, 2.24) is 19.7 Å². The molecule has 27 heavy (non-hydrogen) atoms. The topological polar surface area (TPSA) is 76.6 Å². The van der Waals surface area contributed by atoms with Crippen LogP contribution < -0.4 is 4.74 Å². The lowest BCUT2D eigenvalue weighted by atomic mass is 10.1. The summed E-state index contributed by atoms with van der Waals surface area (Å²) in [5.41, 5.74) is 2.91. The molecule has 0 aliphatic rings. The highest BCUT2D eigenvalue weighted by Gasteiger charge is 2.16. The molecule has 0 atom stereocenters. The van der Waals surface area contributed by atoms with Gasteiger partial charge >= 0.3 is 0 Å². The Kier molecular flexibility index (Phi) is 5.12. The Morgan fingerprint density at radius 2 is 1.93 bits per heavy atom. The minimum Gasteiger partial charge on any atom is -0.438 e. The lowest BCUT2D eigenvalue weighted by molar-refractivity contribution is 0.122. The van der Waals surface area contributed by atoms with Gasteiger partial charge < -0.3 is 4.74 Å². The third-order valence-electron chi connectivity index (χ3n) is 3.86. The van der Waals surface area contributed by atoms with E-state index < -0.39 is 13.0 Å². The van der Waals surface area contributed by atoms with Crippen LogP contribution in [0.5, 0.6) is 11.6 Å². The SMILES string of the molecule is Cc1nc(Oc2c(C)cc(/C=C/C#N)cc2C)c2cn(CC(F)F)nc2n1. The third-order valence-corrected chi connectivity index (χ3v) is 3.86. The number of nitrogens with zero attached hydrogens (tertiary/aromatic N) is 5. The lowest BCUT2D eigenvalue weighted by Gasteiger charge is -2.13. The van der Waals surface area contributed by atoms with Crippen LogP contribution in [0.2, 0.25) is 0 Å². The summed E-state index contributed by atoms with van der Waals surface area (Å²) in [5, 5.41) is 13.2. The minimum absolute atomic E-state index is 0.268. The van der Waals surface area contributed by atoms with E-state index in [4.69, 9.17) is 10.00 Å². The summed E-state index contributed by atoms with van der Waals surface area (Å²) >= 11 is 0. The van der Waals surface area contributed by atoms with Crippen molar-refractivity contribution < 1.29 is 13.5 Å². The summed E-state index contributed by atoms with van der Waals surface area (Å²) in [6.45, 7) is 4.94. The summed E-state index contributed by atoms with van der Waals surface area (Å²) in [5.74, 6) is 1.32. The molecule has 0 saturated carbocycles. The normalized spacial score (nSPS) is 11.4. The average molecular weight is 369 g/mol. The Bertz CT molecular complexity index is 1040. The zero-order chi connectivity index (χ0) is 19.6. The van der Waals surface area contributed by atoms with E-state index in [0.29, 0.717) is 22.6 Å². The summed E-state index contributed by atoms with van der Waals surface area (Å²) in [6, 6.07) is 5.74. The maximum Gasteiger partial charge on any atom is 0.257 e. The maximum atomic E-state index is 12.7. The smallest absolute Gasteiger partial charge is 0.257 e. The summed E-state index contributed by atoms with van der Waals surface area (Å²) in [6.07, 6.45) is 2.07. The van der Waals surface area contributed by atoms with Crippen molar-refractivity contribution in [2.75, 3.05) is 0 Å². The molecule has 0 radical (unpaired) electrons. The molecule has 2 heterocycles. The second-order valence-corrected chi connectivity index (χ2v) is 6.10. The molecule has 1 aromatic carbocycles. The predicted octanol–water partition coefficient (Wildman–Crippen LogP) is 4.35. The van der Waals surface area contributed by atoms with E-state index in [1.54, 1.807) is 13.0 Å². The molecule has 0 fully saturated rings. The summed E-state index contributed by atoms with van der Waals surface area (Å²) in [4.78, 5) is 8.50. The molecular weight excluding hydrogens is 352 g/mol. The fourth-order valence-corrected chi connectivity index (χ4v) is 2.81. The number of ether oxygens (including phenoxy) is 1. The molecule has 8 heteroatoms. The Hall–Kier alpha value is -3.34. The molecule has 0 unspecified atom stereocenters. The number of fused-ring (bicyclic) bond motifs is 1. The lowest BCUT2D eigenvalue weighted by Crippen LogP contribution is -2.06. The van der Waals surface area contributed by atoms with Crippen LogP contribution in [-0.2, 0) is 6.54 Å². The van der Waals surface area contributed by atoms with Gasteiger partial charge in [-0.3, -0.25) is 4.68 Å². The molecule has 6 nitrogen and oxygen atoms in total. The van der Waals surface area contributed by atoms with E-state index in [1.165, 1.54) is 12.3 Å². The van der Waals surface area contributed by atoms with Crippen molar-refractivity contribution in [1.29, 1.82) is 5.26 Å². The molecule has 0 aliphatic carbocycles. The zero-order valence-corrected chi connectivity index (χ0v) is 15.1. The number of aryl methyl sites for hydroxylation is 3. The first-order chi connectivity index (χ1) is 12.9. The van der Waals surface area contributed by atoms with Gasteiger partial charge in [0.2, 0.25) is 5.88 Å². The van der Waals surface area contributed by atoms with Gasteiger partial charge in [0.25, 0.3) is 6.43 Å². The molecular formula is C19H17F2N5O. The Morgan fingerprint density at radius 1 is 1.22 bits per heavy atom. The van der Waals surface area contributed by atoms with Crippen LogP contribution in [0.4, 0.5) is 8.78 Å². The largest absolute Gasteiger partial charge is 0.438 e. The van der Waals surface area contributed by atoms with Crippen LogP contribution in [0.3, 0.4) is 0 Å². The van der Waals surface area contributed by atoms with Crippen molar-refractivity contribution >= 4 is 17.1 Å². The molecule has 3 rings (SSSR count). The number of halogens is 2. The number of nitriles is 1. The van der Waals surface area contributed by atoms with Gasteiger partial charge in [-0.05, 0) is 55.7 Å². The van der Waals surface area contributed by atoms with Crippen LogP contribution in [0.15, 0.2) is 24.4 Å². The quantitative estimate of drug-likeness (QED) is 0.625. The molecule has 0 N–H and O–H groups in total. The zero-order valence-electron chi connectivity index (χ0n) is 15.1. The highest BCUT2D eigenvalue weighted by molar-refractivity contribution is 5.80. The van der Waals surface area contributed by atoms with E-state index in [1.807, 2.05) is 32.0 Å². The highest BCUT2D eigenvalue weighted by Crippen LogP contribution is 2.32. The standard InChI is InChI=1S/C19H17F2N5O/c1-11-7-14(5-4-6-22)8-12(2)17(11)27-19-15-9-26(10-16(20)21)25-18(15)23-13(3)24-19/h4-5,7-9,16H,10H2,1-3H3/b5-4+. The maximum absolute atomic E-state index is 12.7. The molecule has 2 aromatic heterocycles. The Labute approximate surface area is 154 Å². The van der Waals surface area contributed by atoms with Crippen LogP contribution in [-0.4, -0.2) is 26.2 Å². The van der Waals surface area contributed by atoms with Crippen molar-refractivity contribution in [3.8, 4) is 17.7 Å². The number of benzene rings is 1. The van der Waals surface area contributed by atoms with Crippen molar-refractivity contribution in [3.63, 3.8) is 0 Å². The summed E-state index contributed by atoms with van der Waals surface area (Å²) in [7, 11) is 0. The van der Waals surface area contributed by atoms with E-state index in [2.05, 4.69) is 15.1 Å². The monoisotopic (exact) mass is 369 g/mol. The molecule has 3 aromatic rings. The summed E-state index contributed by atoms with van der Waals surface area (Å²) < 4.78 is 32.5. The number of hydrogen-bond acceptors (Lipinski definition) is 5. The second-order valence-electron chi connectivity index (χ2n) is 6.10. The second kappa shape index (κ2) is 7.50. The van der Waals surface area contributed by atoms with Gasteiger partial charge in [0, 0.05) is 12.3 Å². The molecule has 0 amide bonds. The average Bonchev–Trinajstić information content (AvgIpc) is 2.97. The number of rotatable bonds is 5. The molecule has 0 aliphatic heterocycles. The number of alkyl halides is 2. The number of hydrogen-bond donors (Lipinski definition) is 0. The van der Waals surface area contributed by atoms with Crippen molar-refractivity contribution in [2.24, 2.45) is 0 Å². The van der Waals surface area contributed by atoms with Gasteiger partial charge in [0.15, 0.2) is 5.65 Å². The minimum atomic E-state index is -2.52. The van der Waals surface area contributed by atoms with Crippen LogP contribution in [0.25, 0.3) is 17.1 Å². The van der Waals surface area contributed by atoms with E-state index in [0.717, 1.165) is 21.4 Å². The Morgan fingerprint density at radius 3 is 2.56 bits per heavy atom. The molecule has 0 spiro atoms. The third kappa shape index (κ3) is 4.08. The first-order valence-electron chi connectivity index (χ1n) is 8.22. The van der Waals surface area contributed by atoms with Gasteiger partial charge in [0.1, 0.15) is 23.5 Å². The van der Waals surface area contributed by atoms with Gasteiger partial charge in [0.05, 0.1) is 6.07 Å². The van der Waals surface area contributed by atoms with Gasteiger partial charge in [-0.25, -0.2) is 13.8 Å². The number of allylic oxidation sites excluding steroid dienone is 1. The van der Waals surface area contributed by atoms with E-state index >= 15 is 0 Å². The fourth-order valence-electron chi connectivity index (χ4n) is 2.81. The van der Waals surface area contributed by atoms with Crippen LogP contribution >= 0.6 is 0 Å². The molecule has 0 bridgehead atoms. The van der Waals surface area contributed by atoms with Gasteiger partial charge in [-0.2, -0.15) is 15.3 Å². The predicted molar refractivity (Wildman–Crippen MR) is 96.7 cm³/mol. The van der Waals surface area contributed by atoms with Gasteiger partial charge in [-0.1, -0.05) is 0 Å². The first kappa shape index (κ1) is 18.5.